The van der Waals surface area contributed by atoms with Crippen molar-refractivity contribution in [2.24, 2.45) is 0 Å². The van der Waals surface area contributed by atoms with Crippen molar-refractivity contribution in [3.63, 3.8) is 0 Å². The molecule has 0 aliphatic carbocycles. The molecular formula is C11H14N2O5. The molecule has 0 bridgehead atoms. The van der Waals surface area contributed by atoms with Crippen molar-refractivity contribution in [3.8, 4) is 5.75 Å². The number of likely N-dealkylation sites (N-methyl/N-ethyl adjacent to an activating group) is 1. The van der Waals surface area contributed by atoms with Crippen LogP contribution in [0.5, 0.6) is 5.75 Å². The molecule has 0 aliphatic heterocycles. The topological polar surface area (TPSA) is 102 Å². The number of rotatable bonds is 6. The zero-order valence-electron chi connectivity index (χ0n) is 10.0. The zero-order chi connectivity index (χ0) is 13.8. The molecule has 0 aliphatic rings. The number of hydrogen-bond acceptors (Lipinski definition) is 5. The van der Waals surface area contributed by atoms with Crippen LogP contribution in [0, 0.1) is 10.1 Å². The fourth-order valence-corrected chi connectivity index (χ4v) is 1.13. The van der Waals surface area contributed by atoms with E-state index in [2.05, 4.69) is 5.32 Å². The lowest BCUT2D eigenvalue weighted by molar-refractivity contribution is -0.384. The molecule has 18 heavy (non-hydrogen) atoms. The van der Waals surface area contributed by atoms with Gasteiger partial charge in [-0.3, -0.25) is 14.9 Å². The lowest BCUT2D eigenvalue weighted by Gasteiger charge is -2.24. The first kappa shape index (κ1) is 13.9. The first-order chi connectivity index (χ1) is 8.39. The van der Waals surface area contributed by atoms with E-state index in [9.17, 15) is 14.9 Å². The molecule has 7 nitrogen and oxygen atoms in total. The van der Waals surface area contributed by atoms with Crippen LogP contribution in [-0.2, 0) is 4.79 Å². The zero-order valence-corrected chi connectivity index (χ0v) is 10.0. The molecule has 0 spiro atoms. The summed E-state index contributed by atoms with van der Waals surface area (Å²) in [6.45, 7) is 1.40. The van der Waals surface area contributed by atoms with E-state index in [0.717, 1.165) is 0 Å². The van der Waals surface area contributed by atoms with Gasteiger partial charge in [-0.05, 0) is 26.1 Å². The molecule has 7 heteroatoms. The van der Waals surface area contributed by atoms with Gasteiger partial charge in [-0.1, -0.05) is 0 Å². The van der Waals surface area contributed by atoms with E-state index < -0.39 is 16.4 Å². The van der Waals surface area contributed by atoms with Gasteiger partial charge >= 0.3 is 5.97 Å². The molecule has 2 N–H and O–H groups in total. The summed E-state index contributed by atoms with van der Waals surface area (Å²) in [6, 6.07) is 5.45. The summed E-state index contributed by atoms with van der Waals surface area (Å²) in [4.78, 5) is 20.9. The number of carboxylic acids is 1. The minimum absolute atomic E-state index is 0.0445. The summed E-state index contributed by atoms with van der Waals surface area (Å²) in [5, 5.41) is 22.1. The van der Waals surface area contributed by atoms with Gasteiger partial charge in [0.2, 0.25) is 0 Å². The molecule has 1 unspecified atom stereocenters. The van der Waals surface area contributed by atoms with E-state index >= 15 is 0 Å². The largest absolute Gasteiger partial charge is 0.491 e. The summed E-state index contributed by atoms with van der Waals surface area (Å²) in [7, 11) is 1.52. The lowest BCUT2D eigenvalue weighted by atomic mass is 10.1. The van der Waals surface area contributed by atoms with Crippen molar-refractivity contribution in [2.75, 3.05) is 13.7 Å². The Balaban J connectivity index is 2.69. The molecule has 0 heterocycles. The number of hydrogen-bond donors (Lipinski definition) is 2. The fourth-order valence-electron chi connectivity index (χ4n) is 1.13. The third-order valence-corrected chi connectivity index (χ3v) is 2.60. The number of non-ortho nitro benzene ring substituents is 1. The van der Waals surface area contributed by atoms with Gasteiger partial charge in [0.05, 0.1) is 4.92 Å². The van der Waals surface area contributed by atoms with Crippen LogP contribution in [-0.4, -0.2) is 35.2 Å². The molecule has 0 fully saturated rings. The van der Waals surface area contributed by atoms with Crippen LogP contribution in [0.15, 0.2) is 24.3 Å². The van der Waals surface area contributed by atoms with Crippen molar-refractivity contribution in [1.82, 2.24) is 5.32 Å². The SMILES string of the molecule is CNC(C)(COc1ccc([N+](=O)[O-])cc1)C(=O)O. The molecule has 1 atom stereocenters. The lowest BCUT2D eigenvalue weighted by Crippen LogP contribution is -2.52. The number of benzene rings is 1. The Morgan fingerprint density at radius 2 is 2.06 bits per heavy atom. The number of aliphatic carboxylic acids is 1. The van der Waals surface area contributed by atoms with E-state index in [4.69, 9.17) is 9.84 Å². The van der Waals surface area contributed by atoms with E-state index in [0.29, 0.717) is 5.75 Å². The van der Waals surface area contributed by atoms with Crippen LogP contribution in [0.1, 0.15) is 6.92 Å². The predicted molar refractivity (Wildman–Crippen MR) is 63.7 cm³/mol. The number of nitro benzene ring substituents is 1. The second-order valence-corrected chi connectivity index (χ2v) is 3.93. The second kappa shape index (κ2) is 5.46. The second-order valence-electron chi connectivity index (χ2n) is 3.93. The maximum absolute atomic E-state index is 11.0. The first-order valence-corrected chi connectivity index (χ1v) is 5.18. The highest BCUT2D eigenvalue weighted by atomic mass is 16.6. The van der Waals surface area contributed by atoms with Gasteiger partial charge in [-0.25, -0.2) is 0 Å². The quantitative estimate of drug-likeness (QED) is 0.580. The average molecular weight is 254 g/mol. The number of carboxylic acid groups (broad SMARTS) is 1. The number of nitrogens with zero attached hydrogens (tertiary/aromatic N) is 1. The molecule has 1 aromatic rings. The van der Waals surface area contributed by atoms with Crippen molar-refractivity contribution < 1.29 is 19.6 Å². The van der Waals surface area contributed by atoms with E-state index in [1.165, 1.54) is 38.2 Å². The molecule has 98 valence electrons. The maximum atomic E-state index is 11.0. The standard InChI is InChI=1S/C11H14N2O5/c1-11(12-2,10(14)15)7-18-9-5-3-8(4-6-9)13(16)17/h3-6,12H,7H2,1-2H3,(H,14,15). The van der Waals surface area contributed by atoms with Gasteiger partial charge in [0.15, 0.2) is 0 Å². The molecule has 0 saturated carbocycles. The summed E-state index contributed by atoms with van der Waals surface area (Å²) in [5.41, 5.74) is -1.25. The van der Waals surface area contributed by atoms with Gasteiger partial charge in [0.25, 0.3) is 5.69 Å². The Labute approximate surface area is 104 Å². The predicted octanol–water partition coefficient (Wildman–Crippen LogP) is 1.04. The molecule has 1 aromatic carbocycles. The Morgan fingerprint density at radius 3 is 2.44 bits per heavy atom. The van der Waals surface area contributed by atoms with E-state index in [-0.39, 0.29) is 12.3 Å². The Hall–Kier alpha value is -2.15. The highest BCUT2D eigenvalue weighted by molar-refractivity contribution is 5.78. The molecule has 0 radical (unpaired) electrons. The van der Waals surface area contributed by atoms with Crippen LogP contribution in [0.3, 0.4) is 0 Å². The number of carbonyl (C=O) groups is 1. The Kier molecular flexibility index (Phi) is 4.22. The van der Waals surface area contributed by atoms with Gasteiger partial charge in [-0.2, -0.15) is 0 Å². The van der Waals surface area contributed by atoms with Crippen molar-refractivity contribution in [2.45, 2.75) is 12.5 Å². The summed E-state index contributed by atoms with van der Waals surface area (Å²) >= 11 is 0. The van der Waals surface area contributed by atoms with Crippen LogP contribution in [0.4, 0.5) is 5.69 Å². The average Bonchev–Trinajstić information content (AvgIpc) is 2.36. The van der Waals surface area contributed by atoms with E-state index in [1.54, 1.807) is 0 Å². The van der Waals surface area contributed by atoms with Crippen LogP contribution in [0.25, 0.3) is 0 Å². The van der Waals surface area contributed by atoms with Gasteiger partial charge in [-0.15, -0.1) is 0 Å². The van der Waals surface area contributed by atoms with Crippen molar-refractivity contribution >= 4 is 11.7 Å². The summed E-state index contributed by atoms with van der Waals surface area (Å²) in [5.74, 6) is -0.657. The smallest absolute Gasteiger partial charge is 0.327 e. The molecule has 0 aromatic heterocycles. The summed E-state index contributed by atoms with van der Waals surface area (Å²) in [6.07, 6.45) is 0. The van der Waals surface area contributed by atoms with Crippen LogP contribution >= 0.6 is 0 Å². The van der Waals surface area contributed by atoms with Gasteiger partial charge in [0.1, 0.15) is 17.9 Å². The molecule has 0 amide bonds. The van der Waals surface area contributed by atoms with E-state index in [1.807, 2.05) is 0 Å². The molecular weight excluding hydrogens is 240 g/mol. The molecule has 1 rings (SSSR count). The minimum Gasteiger partial charge on any atom is -0.491 e. The maximum Gasteiger partial charge on any atom is 0.327 e. The minimum atomic E-state index is -1.21. The highest BCUT2D eigenvalue weighted by Gasteiger charge is 2.32. The number of nitrogens with one attached hydrogen (secondary N) is 1. The summed E-state index contributed by atoms with van der Waals surface area (Å²) < 4.78 is 5.29. The Morgan fingerprint density at radius 1 is 1.50 bits per heavy atom. The van der Waals surface area contributed by atoms with Crippen molar-refractivity contribution in [3.05, 3.63) is 34.4 Å². The molecule has 0 saturated heterocycles. The van der Waals surface area contributed by atoms with Crippen LogP contribution in [0.2, 0.25) is 0 Å². The number of ether oxygens (including phenoxy) is 1. The van der Waals surface area contributed by atoms with Crippen molar-refractivity contribution in [1.29, 1.82) is 0 Å². The normalized spacial score (nSPS) is 13.7. The third-order valence-electron chi connectivity index (χ3n) is 2.60. The monoisotopic (exact) mass is 254 g/mol. The third kappa shape index (κ3) is 3.17. The van der Waals surface area contributed by atoms with Crippen LogP contribution < -0.4 is 10.1 Å². The van der Waals surface area contributed by atoms with Gasteiger partial charge < -0.3 is 15.2 Å². The number of nitro groups is 1. The first-order valence-electron chi connectivity index (χ1n) is 5.18. The highest BCUT2D eigenvalue weighted by Crippen LogP contribution is 2.18. The van der Waals surface area contributed by atoms with Gasteiger partial charge in [0, 0.05) is 12.1 Å². The fraction of sp³-hybridized carbons (Fsp3) is 0.364. The Bertz CT molecular complexity index is 445.